The molecule has 0 saturated carbocycles. The molecule has 0 aliphatic rings. The highest BCUT2D eigenvalue weighted by Crippen LogP contribution is 2.16. The van der Waals surface area contributed by atoms with Crippen LogP contribution in [-0.4, -0.2) is 28.3 Å². The van der Waals surface area contributed by atoms with E-state index in [1.165, 1.54) is 6.07 Å². The number of nitrogens with zero attached hydrogens (tertiary/aromatic N) is 2. The fourth-order valence-corrected chi connectivity index (χ4v) is 1.97. The Morgan fingerprint density at radius 2 is 1.96 bits per heavy atom. The third kappa shape index (κ3) is 4.26. The summed E-state index contributed by atoms with van der Waals surface area (Å²) in [7, 11) is 0. The normalized spacial score (nSPS) is 10.2. The number of hydrogen-bond acceptors (Lipinski definition) is 5. The molecule has 0 bridgehead atoms. The fraction of sp³-hybridized carbons (Fsp3) is 0.250. The van der Waals surface area contributed by atoms with Crippen molar-refractivity contribution in [3.05, 3.63) is 58.0 Å². The molecule has 0 aliphatic carbocycles. The van der Waals surface area contributed by atoms with Crippen molar-refractivity contribution in [2.75, 3.05) is 11.9 Å². The maximum absolute atomic E-state index is 12.1. The van der Waals surface area contributed by atoms with Crippen LogP contribution in [-0.2, 0) is 16.1 Å². The van der Waals surface area contributed by atoms with Crippen molar-refractivity contribution < 1.29 is 14.3 Å². The van der Waals surface area contributed by atoms with Crippen molar-refractivity contribution in [1.29, 1.82) is 0 Å². The van der Waals surface area contributed by atoms with E-state index >= 15 is 0 Å². The number of rotatable bonds is 5. The van der Waals surface area contributed by atoms with Crippen molar-refractivity contribution in [1.82, 2.24) is 9.78 Å². The summed E-state index contributed by atoms with van der Waals surface area (Å²) in [6.07, 6.45) is 0. The molecule has 2 aromatic rings. The van der Waals surface area contributed by atoms with E-state index in [2.05, 4.69) is 10.4 Å². The lowest BCUT2D eigenvalue weighted by Crippen LogP contribution is -2.29. The molecular weight excluding hydrogens is 298 g/mol. The number of para-hydroxylation sites is 1. The van der Waals surface area contributed by atoms with Crippen LogP contribution in [0.3, 0.4) is 0 Å². The van der Waals surface area contributed by atoms with Gasteiger partial charge in [0, 0.05) is 6.07 Å². The molecule has 0 aliphatic heterocycles. The topological polar surface area (TPSA) is 90.3 Å². The maximum atomic E-state index is 12.1. The van der Waals surface area contributed by atoms with Gasteiger partial charge in [-0.2, -0.15) is 5.10 Å². The smallest absolute Gasteiger partial charge is 0.340 e. The highest BCUT2D eigenvalue weighted by atomic mass is 16.5. The molecule has 1 N–H and O–H groups in total. The Balaban J connectivity index is 2.16. The van der Waals surface area contributed by atoms with Gasteiger partial charge in [0.2, 0.25) is 5.91 Å². The lowest BCUT2D eigenvalue weighted by atomic mass is 10.2. The van der Waals surface area contributed by atoms with Crippen molar-refractivity contribution >= 4 is 17.6 Å². The molecule has 1 amide bonds. The third-order valence-corrected chi connectivity index (χ3v) is 2.99. The second kappa shape index (κ2) is 7.35. The molecule has 1 aromatic heterocycles. The van der Waals surface area contributed by atoms with Gasteiger partial charge in [0.15, 0.2) is 0 Å². The standard InChI is InChI=1S/C16H17N3O4/c1-3-23-16(22)12-6-4-5-7-13(12)17-14(20)10-19-15(21)9-8-11(2)18-19/h4-9H,3,10H2,1-2H3,(H,17,20). The number of anilines is 1. The molecule has 1 heterocycles. The van der Waals surface area contributed by atoms with E-state index in [9.17, 15) is 14.4 Å². The van der Waals surface area contributed by atoms with Crippen LogP contribution < -0.4 is 10.9 Å². The van der Waals surface area contributed by atoms with Crippen molar-refractivity contribution in [2.24, 2.45) is 0 Å². The number of ether oxygens (including phenoxy) is 1. The number of aryl methyl sites for hydroxylation is 1. The van der Waals surface area contributed by atoms with E-state index in [4.69, 9.17) is 4.74 Å². The van der Waals surface area contributed by atoms with Crippen LogP contribution in [0.4, 0.5) is 5.69 Å². The van der Waals surface area contributed by atoms with Crippen LogP contribution in [0.1, 0.15) is 23.0 Å². The first-order valence-electron chi connectivity index (χ1n) is 7.12. The lowest BCUT2D eigenvalue weighted by molar-refractivity contribution is -0.117. The number of carbonyl (C=O) groups is 2. The second-order valence-corrected chi connectivity index (χ2v) is 4.78. The van der Waals surface area contributed by atoms with Gasteiger partial charge in [0.25, 0.3) is 5.56 Å². The van der Waals surface area contributed by atoms with Gasteiger partial charge >= 0.3 is 5.97 Å². The zero-order valence-electron chi connectivity index (χ0n) is 12.9. The SMILES string of the molecule is CCOC(=O)c1ccccc1NC(=O)Cn1nc(C)ccc1=O. The number of amides is 1. The van der Waals surface area contributed by atoms with Gasteiger partial charge in [0.1, 0.15) is 6.54 Å². The maximum Gasteiger partial charge on any atom is 0.340 e. The summed E-state index contributed by atoms with van der Waals surface area (Å²) in [5, 5.41) is 6.60. The summed E-state index contributed by atoms with van der Waals surface area (Å²) in [5.74, 6) is -0.976. The van der Waals surface area contributed by atoms with Gasteiger partial charge in [-0.1, -0.05) is 12.1 Å². The second-order valence-electron chi connectivity index (χ2n) is 4.78. The monoisotopic (exact) mass is 315 g/mol. The Morgan fingerprint density at radius 3 is 2.70 bits per heavy atom. The predicted octanol–water partition coefficient (Wildman–Crippen LogP) is 1.37. The van der Waals surface area contributed by atoms with Crippen LogP contribution in [0.15, 0.2) is 41.2 Å². The van der Waals surface area contributed by atoms with Gasteiger partial charge in [-0.15, -0.1) is 0 Å². The minimum absolute atomic E-state index is 0.238. The largest absolute Gasteiger partial charge is 0.462 e. The van der Waals surface area contributed by atoms with Gasteiger partial charge < -0.3 is 10.1 Å². The summed E-state index contributed by atoms with van der Waals surface area (Å²) in [4.78, 5) is 35.6. The molecule has 2 rings (SSSR count). The van der Waals surface area contributed by atoms with Gasteiger partial charge in [-0.25, -0.2) is 9.48 Å². The minimum Gasteiger partial charge on any atom is -0.462 e. The molecule has 1 aromatic carbocycles. The van der Waals surface area contributed by atoms with E-state index in [1.54, 1.807) is 44.2 Å². The molecule has 0 fully saturated rings. The van der Waals surface area contributed by atoms with Crippen molar-refractivity contribution in [3.8, 4) is 0 Å². The first-order valence-corrected chi connectivity index (χ1v) is 7.12. The Labute approximate surface area is 132 Å². The Morgan fingerprint density at radius 1 is 1.22 bits per heavy atom. The highest BCUT2D eigenvalue weighted by molar-refractivity contribution is 6.01. The third-order valence-electron chi connectivity index (χ3n) is 2.99. The predicted molar refractivity (Wildman–Crippen MR) is 84.3 cm³/mol. The molecule has 7 nitrogen and oxygen atoms in total. The first kappa shape index (κ1) is 16.4. The molecule has 23 heavy (non-hydrogen) atoms. The number of benzene rings is 1. The van der Waals surface area contributed by atoms with E-state index in [0.717, 1.165) is 4.68 Å². The summed E-state index contributed by atoms with van der Waals surface area (Å²) < 4.78 is 6.01. The average molecular weight is 315 g/mol. The zero-order valence-corrected chi connectivity index (χ0v) is 12.9. The Bertz CT molecular complexity index is 783. The molecule has 0 unspecified atom stereocenters. The van der Waals surface area contributed by atoms with E-state index in [-0.39, 0.29) is 24.3 Å². The lowest BCUT2D eigenvalue weighted by Gasteiger charge is -2.11. The molecule has 0 saturated heterocycles. The number of nitrogens with one attached hydrogen (secondary N) is 1. The average Bonchev–Trinajstić information content (AvgIpc) is 2.51. The highest BCUT2D eigenvalue weighted by Gasteiger charge is 2.14. The summed E-state index contributed by atoms with van der Waals surface area (Å²) in [5.41, 5.74) is 0.845. The van der Waals surface area contributed by atoms with Crippen LogP contribution >= 0.6 is 0 Å². The van der Waals surface area contributed by atoms with Crippen LogP contribution in [0.25, 0.3) is 0 Å². The van der Waals surface area contributed by atoms with Gasteiger partial charge in [-0.3, -0.25) is 9.59 Å². The van der Waals surface area contributed by atoms with Gasteiger partial charge in [0.05, 0.1) is 23.6 Å². The molecule has 7 heteroatoms. The molecule has 0 radical (unpaired) electrons. The summed E-state index contributed by atoms with van der Waals surface area (Å²) >= 11 is 0. The number of esters is 1. The van der Waals surface area contributed by atoms with Crippen LogP contribution in [0, 0.1) is 6.92 Å². The van der Waals surface area contributed by atoms with Crippen LogP contribution in [0.5, 0.6) is 0 Å². The molecule has 0 atom stereocenters. The Kier molecular flexibility index (Phi) is 5.24. The first-order chi connectivity index (χ1) is 11.0. The summed E-state index contributed by atoms with van der Waals surface area (Å²) in [6.45, 7) is 3.43. The zero-order chi connectivity index (χ0) is 16.8. The molecule has 120 valence electrons. The van der Waals surface area contributed by atoms with E-state index in [0.29, 0.717) is 11.4 Å². The quantitative estimate of drug-likeness (QED) is 0.842. The van der Waals surface area contributed by atoms with E-state index < -0.39 is 11.9 Å². The summed E-state index contributed by atoms with van der Waals surface area (Å²) in [6, 6.07) is 9.44. The van der Waals surface area contributed by atoms with Crippen LogP contribution in [0.2, 0.25) is 0 Å². The molecular formula is C16H17N3O4. The number of carbonyl (C=O) groups excluding carboxylic acids is 2. The minimum atomic E-state index is -0.519. The molecule has 0 spiro atoms. The van der Waals surface area contributed by atoms with E-state index in [1.807, 2.05) is 0 Å². The number of hydrogen-bond donors (Lipinski definition) is 1. The van der Waals surface area contributed by atoms with Crippen molar-refractivity contribution in [3.63, 3.8) is 0 Å². The number of aromatic nitrogens is 2. The Hall–Kier alpha value is -2.96. The van der Waals surface area contributed by atoms with Gasteiger partial charge in [-0.05, 0) is 32.0 Å². The fourth-order valence-electron chi connectivity index (χ4n) is 1.97. The van der Waals surface area contributed by atoms with Crippen molar-refractivity contribution in [2.45, 2.75) is 20.4 Å².